The fourth-order valence-corrected chi connectivity index (χ4v) is 5.94. The molecule has 54 heavy (non-hydrogen) atoms. The van der Waals surface area contributed by atoms with Gasteiger partial charge in [0.05, 0.1) is 6.61 Å². The van der Waals surface area contributed by atoms with E-state index >= 15 is 0 Å². The molecular weight excluding hydrogens is 699 g/mol. The summed E-state index contributed by atoms with van der Waals surface area (Å²) in [7, 11) is -4.77. The first-order valence-electron chi connectivity index (χ1n) is 21.2. The minimum Gasteiger partial charge on any atom is -0.462 e. The summed E-state index contributed by atoms with van der Waals surface area (Å²) in [5, 5.41) is 0. The van der Waals surface area contributed by atoms with Crippen LogP contribution in [0.25, 0.3) is 0 Å². The van der Waals surface area contributed by atoms with E-state index < -0.39 is 32.5 Å². The predicted octanol–water partition coefficient (Wildman–Crippen LogP) is 13.1. The average Bonchev–Trinajstić information content (AvgIpc) is 3.14. The van der Waals surface area contributed by atoms with E-state index in [1.807, 2.05) is 6.08 Å². The van der Waals surface area contributed by atoms with Crippen LogP contribution >= 0.6 is 7.82 Å². The molecule has 0 spiro atoms. The van der Waals surface area contributed by atoms with Gasteiger partial charge in [0.1, 0.15) is 6.61 Å². The maximum absolute atomic E-state index is 12.4. The van der Waals surface area contributed by atoms with Crippen molar-refractivity contribution in [2.75, 3.05) is 13.2 Å². The molecule has 9 heteroatoms. The van der Waals surface area contributed by atoms with Gasteiger partial charge in [0.2, 0.25) is 0 Å². The second-order valence-electron chi connectivity index (χ2n) is 13.9. The van der Waals surface area contributed by atoms with Gasteiger partial charge in [-0.1, -0.05) is 164 Å². The van der Waals surface area contributed by atoms with Crippen molar-refractivity contribution in [1.82, 2.24) is 0 Å². The standard InChI is InChI=1S/C45H77O8P/c1-3-5-7-9-11-13-15-17-19-21-22-24-26-28-30-32-34-36-38-40-45(47)53-43(42-52-54(48,49)50)41-51-44(46)39-37-35-33-31-29-27-25-23-20-18-16-14-12-10-8-6-4-2/h6,8,12,14,17-20,25,27,31,33,43H,3-5,7,9-11,13,15-16,21-24,26,28-30,32,34-42H2,1-2H3,(H2,48,49,50)/b8-6-,14-12-,19-17-,20-18-,27-25-,33-31-/t43-/m1/s1. The first-order chi connectivity index (χ1) is 26.3. The largest absolute Gasteiger partial charge is 0.469 e. The number of hydrogen-bond acceptors (Lipinski definition) is 6. The number of unbranched alkanes of at least 4 members (excludes halogenated alkanes) is 16. The third-order valence-corrected chi connectivity index (χ3v) is 9.19. The Balaban J connectivity index is 4.01. The lowest BCUT2D eigenvalue weighted by Gasteiger charge is -2.18. The van der Waals surface area contributed by atoms with Crippen molar-refractivity contribution in [3.63, 3.8) is 0 Å². The maximum atomic E-state index is 12.4. The quantitative estimate of drug-likeness (QED) is 0.0275. The van der Waals surface area contributed by atoms with E-state index in [4.69, 9.17) is 19.3 Å². The summed E-state index contributed by atoms with van der Waals surface area (Å²) in [5.74, 6) is -0.958. The molecule has 8 nitrogen and oxygen atoms in total. The van der Waals surface area contributed by atoms with E-state index in [1.54, 1.807) is 0 Å². The van der Waals surface area contributed by atoms with Crippen LogP contribution in [0.2, 0.25) is 0 Å². The van der Waals surface area contributed by atoms with Gasteiger partial charge in [-0.2, -0.15) is 0 Å². The van der Waals surface area contributed by atoms with E-state index in [0.29, 0.717) is 12.8 Å². The van der Waals surface area contributed by atoms with Gasteiger partial charge in [-0.05, 0) is 77.0 Å². The highest BCUT2D eigenvalue weighted by Gasteiger charge is 2.22. The van der Waals surface area contributed by atoms with Crippen LogP contribution in [-0.4, -0.2) is 41.0 Å². The summed E-state index contributed by atoms with van der Waals surface area (Å²) >= 11 is 0. The number of carbonyl (C=O) groups is 2. The zero-order valence-corrected chi connectivity index (χ0v) is 35.0. The summed E-state index contributed by atoms with van der Waals surface area (Å²) in [4.78, 5) is 42.8. The monoisotopic (exact) mass is 777 g/mol. The zero-order chi connectivity index (χ0) is 39.6. The molecule has 0 rings (SSSR count). The summed E-state index contributed by atoms with van der Waals surface area (Å²) < 4.78 is 26.3. The Morgan fingerprint density at radius 2 is 0.907 bits per heavy atom. The van der Waals surface area contributed by atoms with E-state index in [0.717, 1.165) is 57.8 Å². The number of allylic oxidation sites excluding steroid dienone is 12. The van der Waals surface area contributed by atoms with Crippen LogP contribution in [0.3, 0.4) is 0 Å². The number of phosphoric acid groups is 1. The molecule has 0 aliphatic carbocycles. The summed E-state index contributed by atoms with van der Waals surface area (Å²) in [6.07, 6.45) is 52.0. The second kappa shape index (κ2) is 40.2. The van der Waals surface area contributed by atoms with Crippen LogP contribution in [-0.2, 0) is 28.2 Å². The molecule has 0 aliphatic heterocycles. The first kappa shape index (κ1) is 51.5. The Morgan fingerprint density at radius 1 is 0.500 bits per heavy atom. The molecule has 310 valence electrons. The van der Waals surface area contributed by atoms with Gasteiger partial charge >= 0.3 is 19.8 Å². The summed E-state index contributed by atoms with van der Waals surface area (Å²) in [6, 6.07) is 0. The van der Waals surface area contributed by atoms with Crippen molar-refractivity contribution in [2.24, 2.45) is 0 Å². The van der Waals surface area contributed by atoms with E-state index in [2.05, 4.69) is 85.2 Å². The molecule has 0 amide bonds. The van der Waals surface area contributed by atoms with Gasteiger partial charge in [-0.3, -0.25) is 14.1 Å². The Bertz CT molecular complexity index is 1100. The maximum Gasteiger partial charge on any atom is 0.469 e. The van der Waals surface area contributed by atoms with Crippen molar-refractivity contribution in [3.05, 3.63) is 72.9 Å². The molecule has 0 aliphatic rings. The molecule has 0 radical (unpaired) electrons. The van der Waals surface area contributed by atoms with Gasteiger partial charge < -0.3 is 19.3 Å². The van der Waals surface area contributed by atoms with Crippen LogP contribution in [0.1, 0.15) is 181 Å². The number of hydrogen-bond donors (Lipinski definition) is 2. The lowest BCUT2D eigenvalue weighted by atomic mass is 10.1. The van der Waals surface area contributed by atoms with E-state index in [-0.39, 0.29) is 19.4 Å². The molecule has 2 N–H and O–H groups in total. The zero-order valence-electron chi connectivity index (χ0n) is 34.1. The van der Waals surface area contributed by atoms with Crippen LogP contribution < -0.4 is 0 Å². The second-order valence-corrected chi connectivity index (χ2v) is 15.2. The lowest BCUT2D eigenvalue weighted by Crippen LogP contribution is -2.29. The van der Waals surface area contributed by atoms with Gasteiger partial charge in [0, 0.05) is 12.8 Å². The molecule has 0 unspecified atom stereocenters. The Hall–Kier alpha value is -2.51. The third-order valence-electron chi connectivity index (χ3n) is 8.71. The summed E-state index contributed by atoms with van der Waals surface area (Å²) in [5.41, 5.74) is 0. The minimum absolute atomic E-state index is 0.186. The van der Waals surface area contributed by atoms with Gasteiger partial charge in [0.15, 0.2) is 6.10 Å². The number of rotatable bonds is 38. The molecule has 1 atom stereocenters. The SMILES string of the molecule is CC/C=C\C/C=C\C/C=C\C/C=C\C/C=C\CCCC(=O)OC[C@H](COP(=O)(O)O)OC(=O)CCCCCCCCCCC/C=C\CCCCCCCC. The third kappa shape index (κ3) is 42.2. The minimum atomic E-state index is -4.77. The van der Waals surface area contributed by atoms with Crippen LogP contribution in [0.4, 0.5) is 0 Å². The van der Waals surface area contributed by atoms with Gasteiger partial charge in [-0.15, -0.1) is 0 Å². The van der Waals surface area contributed by atoms with Gasteiger partial charge in [0.25, 0.3) is 0 Å². The van der Waals surface area contributed by atoms with E-state index in [1.165, 1.54) is 83.5 Å². The predicted molar refractivity (Wildman–Crippen MR) is 225 cm³/mol. The van der Waals surface area contributed by atoms with Crippen molar-refractivity contribution in [1.29, 1.82) is 0 Å². The van der Waals surface area contributed by atoms with Crippen LogP contribution in [0.5, 0.6) is 0 Å². The number of phosphoric ester groups is 1. The first-order valence-corrected chi connectivity index (χ1v) is 22.8. The fourth-order valence-electron chi connectivity index (χ4n) is 5.58. The fraction of sp³-hybridized carbons (Fsp3) is 0.689. The molecule has 0 bridgehead atoms. The van der Waals surface area contributed by atoms with Crippen LogP contribution in [0, 0.1) is 0 Å². The molecule has 0 aromatic rings. The number of esters is 2. The number of carbonyl (C=O) groups excluding carboxylic acids is 2. The van der Waals surface area contributed by atoms with Crippen molar-refractivity contribution < 1.29 is 37.9 Å². The number of ether oxygens (including phenoxy) is 2. The molecular formula is C45H77O8P. The molecule has 0 fully saturated rings. The van der Waals surface area contributed by atoms with Crippen molar-refractivity contribution >= 4 is 19.8 Å². The van der Waals surface area contributed by atoms with Gasteiger partial charge in [-0.25, -0.2) is 4.57 Å². The molecule has 0 aromatic heterocycles. The molecule has 0 aromatic carbocycles. The van der Waals surface area contributed by atoms with Crippen molar-refractivity contribution in [2.45, 2.75) is 187 Å². The average molecular weight is 777 g/mol. The molecule has 0 saturated heterocycles. The molecule has 0 saturated carbocycles. The highest BCUT2D eigenvalue weighted by atomic mass is 31.2. The highest BCUT2D eigenvalue weighted by molar-refractivity contribution is 7.46. The van der Waals surface area contributed by atoms with E-state index in [9.17, 15) is 14.2 Å². The molecule has 0 heterocycles. The van der Waals surface area contributed by atoms with Crippen molar-refractivity contribution in [3.8, 4) is 0 Å². The highest BCUT2D eigenvalue weighted by Crippen LogP contribution is 2.36. The Kier molecular flexibility index (Phi) is 38.3. The summed E-state index contributed by atoms with van der Waals surface area (Å²) in [6.45, 7) is 3.52. The Morgan fingerprint density at radius 3 is 1.41 bits per heavy atom. The Labute approximate surface area is 329 Å². The normalized spacial score (nSPS) is 13.2. The lowest BCUT2D eigenvalue weighted by molar-refractivity contribution is -0.161. The topological polar surface area (TPSA) is 119 Å². The smallest absolute Gasteiger partial charge is 0.462 e. The van der Waals surface area contributed by atoms with Crippen LogP contribution in [0.15, 0.2) is 72.9 Å².